The van der Waals surface area contributed by atoms with E-state index in [1.807, 2.05) is 6.92 Å². The quantitative estimate of drug-likeness (QED) is 0.461. The summed E-state index contributed by atoms with van der Waals surface area (Å²) in [7, 11) is 0. The molecule has 0 saturated carbocycles. The zero-order valence-electron chi connectivity index (χ0n) is 12.1. The number of rotatable bonds is 2. The van der Waals surface area contributed by atoms with Crippen LogP contribution in [-0.4, -0.2) is 12.6 Å². The Morgan fingerprint density at radius 3 is 2.85 bits per heavy atom. The van der Waals surface area contributed by atoms with Crippen molar-refractivity contribution in [1.82, 2.24) is 0 Å². The predicted molar refractivity (Wildman–Crippen MR) is 81.6 cm³/mol. The van der Waals surface area contributed by atoms with E-state index in [-0.39, 0.29) is 5.97 Å². The van der Waals surface area contributed by atoms with Crippen molar-refractivity contribution in [3.63, 3.8) is 0 Å². The number of hydrogen-bond acceptors (Lipinski definition) is 2. The molecule has 0 spiro atoms. The summed E-state index contributed by atoms with van der Waals surface area (Å²) in [6, 6.07) is 8.53. The summed E-state index contributed by atoms with van der Waals surface area (Å²) in [5.74, 6) is -0.231. The van der Waals surface area contributed by atoms with Gasteiger partial charge in [-0.25, -0.2) is 4.79 Å². The van der Waals surface area contributed by atoms with Crippen molar-refractivity contribution >= 4 is 5.97 Å². The fourth-order valence-electron chi connectivity index (χ4n) is 2.51. The second-order valence-electron chi connectivity index (χ2n) is 5.07. The molecular weight excluding hydrogens is 248 g/mol. The van der Waals surface area contributed by atoms with Crippen LogP contribution in [-0.2, 0) is 22.4 Å². The highest BCUT2D eigenvalue weighted by Crippen LogP contribution is 2.20. The normalized spacial score (nSPS) is 19.1. The number of carbonyl (C=O) groups excluding carboxylic acids is 1. The molecule has 1 aromatic carbocycles. The highest BCUT2D eigenvalue weighted by molar-refractivity contribution is 5.82. The summed E-state index contributed by atoms with van der Waals surface area (Å²) in [6.45, 7) is 2.26. The molecule has 0 radical (unpaired) electrons. The first-order valence-corrected chi connectivity index (χ1v) is 7.37. The van der Waals surface area contributed by atoms with Crippen molar-refractivity contribution in [3.05, 3.63) is 59.2 Å². The van der Waals surface area contributed by atoms with E-state index in [4.69, 9.17) is 4.74 Å². The molecule has 106 valence electrons. The fourth-order valence-corrected chi connectivity index (χ4v) is 2.51. The van der Waals surface area contributed by atoms with Crippen molar-refractivity contribution < 1.29 is 9.53 Å². The molecule has 0 fully saturated rings. The van der Waals surface area contributed by atoms with Crippen LogP contribution in [0.15, 0.2) is 48.1 Å². The van der Waals surface area contributed by atoms with Crippen LogP contribution >= 0.6 is 0 Å². The van der Waals surface area contributed by atoms with Gasteiger partial charge in [0.05, 0.1) is 6.61 Å². The molecule has 0 bridgehead atoms. The van der Waals surface area contributed by atoms with Crippen molar-refractivity contribution in [1.29, 1.82) is 0 Å². The van der Waals surface area contributed by atoms with Gasteiger partial charge in [0, 0.05) is 6.08 Å². The third-order valence-electron chi connectivity index (χ3n) is 3.51. The second kappa shape index (κ2) is 7.68. The molecule has 2 heteroatoms. The second-order valence-corrected chi connectivity index (χ2v) is 5.07. The first-order valence-electron chi connectivity index (χ1n) is 7.37. The number of carbonyl (C=O) groups is 1. The van der Waals surface area contributed by atoms with Crippen LogP contribution in [0.4, 0.5) is 0 Å². The first-order chi connectivity index (χ1) is 9.79. The first kappa shape index (κ1) is 14.6. The van der Waals surface area contributed by atoms with Crippen molar-refractivity contribution in [2.24, 2.45) is 0 Å². The van der Waals surface area contributed by atoms with Gasteiger partial charge in [-0.3, -0.25) is 0 Å². The van der Waals surface area contributed by atoms with Gasteiger partial charge in [-0.2, -0.15) is 0 Å². The van der Waals surface area contributed by atoms with E-state index >= 15 is 0 Å². The summed E-state index contributed by atoms with van der Waals surface area (Å²) in [4.78, 5) is 11.7. The molecule has 0 heterocycles. The summed E-state index contributed by atoms with van der Waals surface area (Å²) < 4.78 is 5.02. The van der Waals surface area contributed by atoms with Crippen molar-refractivity contribution in [3.8, 4) is 0 Å². The van der Waals surface area contributed by atoms with Gasteiger partial charge in [0.25, 0.3) is 0 Å². The van der Waals surface area contributed by atoms with Crippen LogP contribution in [0.1, 0.15) is 37.3 Å². The monoisotopic (exact) mass is 270 g/mol. The van der Waals surface area contributed by atoms with Crippen LogP contribution in [0.3, 0.4) is 0 Å². The van der Waals surface area contributed by atoms with Crippen molar-refractivity contribution in [2.75, 3.05) is 6.61 Å². The highest BCUT2D eigenvalue weighted by atomic mass is 16.5. The van der Waals surface area contributed by atoms with Crippen LogP contribution in [0.2, 0.25) is 0 Å². The highest BCUT2D eigenvalue weighted by Gasteiger charge is 2.08. The number of esters is 1. The molecular formula is C18H22O2. The Morgan fingerprint density at radius 1 is 1.25 bits per heavy atom. The molecule has 2 rings (SSSR count). The van der Waals surface area contributed by atoms with E-state index in [9.17, 15) is 4.79 Å². The lowest BCUT2D eigenvalue weighted by Gasteiger charge is -2.12. The number of ether oxygens (including phenoxy) is 1. The topological polar surface area (TPSA) is 26.3 Å². The Balaban J connectivity index is 2.23. The molecule has 0 N–H and O–H groups in total. The van der Waals surface area contributed by atoms with Crippen LogP contribution in [0, 0.1) is 0 Å². The average molecular weight is 270 g/mol. The maximum atomic E-state index is 11.7. The summed E-state index contributed by atoms with van der Waals surface area (Å²) in [6.07, 6.45) is 11.1. The van der Waals surface area contributed by atoms with E-state index in [2.05, 4.69) is 36.4 Å². The maximum Gasteiger partial charge on any atom is 0.330 e. The van der Waals surface area contributed by atoms with Gasteiger partial charge >= 0.3 is 5.97 Å². The third-order valence-corrected chi connectivity index (χ3v) is 3.51. The van der Waals surface area contributed by atoms with Gasteiger partial charge < -0.3 is 4.74 Å². The van der Waals surface area contributed by atoms with E-state index in [1.165, 1.54) is 17.5 Å². The minimum absolute atomic E-state index is 0.231. The molecule has 0 unspecified atom stereocenters. The minimum atomic E-state index is -0.231. The predicted octanol–water partition coefficient (Wildman–Crippen LogP) is 4.00. The number of allylic oxidation sites excluding steroid dienone is 3. The molecule has 20 heavy (non-hydrogen) atoms. The molecule has 1 aromatic rings. The largest absolute Gasteiger partial charge is 0.463 e. The molecule has 0 saturated heterocycles. The van der Waals surface area contributed by atoms with Gasteiger partial charge in [0.1, 0.15) is 0 Å². The smallest absolute Gasteiger partial charge is 0.330 e. The van der Waals surface area contributed by atoms with Gasteiger partial charge in [0.2, 0.25) is 0 Å². The van der Waals surface area contributed by atoms with Gasteiger partial charge in [-0.15, -0.1) is 0 Å². The zero-order chi connectivity index (χ0) is 14.2. The third kappa shape index (κ3) is 4.37. The molecule has 0 atom stereocenters. The molecule has 2 nitrogen and oxygen atoms in total. The lowest BCUT2D eigenvalue weighted by atomic mass is 9.93. The Hall–Kier alpha value is -1.83. The maximum absolute atomic E-state index is 11.7. The van der Waals surface area contributed by atoms with Crippen LogP contribution in [0.5, 0.6) is 0 Å². The van der Waals surface area contributed by atoms with Gasteiger partial charge in [-0.1, -0.05) is 42.0 Å². The van der Waals surface area contributed by atoms with Gasteiger partial charge in [-0.05, 0) is 50.2 Å². The Kier molecular flexibility index (Phi) is 5.60. The number of fused-ring (bicyclic) bond motifs is 1. The Bertz CT molecular complexity index is 512. The molecule has 1 aliphatic carbocycles. The standard InChI is InChI=1S/C18H22O2/c1-2-20-18(19)14-15-9-5-3-4-6-10-16-11-7-8-12-17(16)13-15/h3,5,7-8,11-12,14H,2,4,6,9-10,13H2,1H3/b5-3-,15-14+. The summed E-state index contributed by atoms with van der Waals surface area (Å²) in [5.41, 5.74) is 3.85. The van der Waals surface area contributed by atoms with E-state index in [0.29, 0.717) is 6.61 Å². The molecule has 0 aromatic heterocycles. The number of benzene rings is 1. The molecule has 1 aliphatic rings. The number of aryl methyl sites for hydroxylation is 1. The minimum Gasteiger partial charge on any atom is -0.463 e. The SMILES string of the molecule is CCOC(=O)/C=C1\C/C=C\CCCc2ccccc2C1. The van der Waals surface area contributed by atoms with E-state index < -0.39 is 0 Å². The van der Waals surface area contributed by atoms with Crippen molar-refractivity contribution in [2.45, 2.75) is 39.0 Å². The zero-order valence-corrected chi connectivity index (χ0v) is 12.1. The molecule has 0 amide bonds. The number of hydrogen-bond donors (Lipinski definition) is 0. The van der Waals surface area contributed by atoms with Crippen LogP contribution in [0.25, 0.3) is 0 Å². The lowest BCUT2D eigenvalue weighted by molar-refractivity contribution is -0.137. The summed E-state index contributed by atoms with van der Waals surface area (Å²) in [5, 5.41) is 0. The lowest BCUT2D eigenvalue weighted by Crippen LogP contribution is -2.04. The Morgan fingerprint density at radius 2 is 2.05 bits per heavy atom. The molecule has 0 aliphatic heterocycles. The van der Waals surface area contributed by atoms with Crippen LogP contribution < -0.4 is 0 Å². The summed E-state index contributed by atoms with van der Waals surface area (Å²) >= 11 is 0. The fraction of sp³-hybridized carbons (Fsp3) is 0.389. The average Bonchev–Trinajstić information content (AvgIpc) is 2.44. The van der Waals surface area contributed by atoms with E-state index in [1.54, 1.807) is 6.08 Å². The Labute approximate surface area is 121 Å². The van der Waals surface area contributed by atoms with E-state index in [0.717, 1.165) is 31.3 Å². The van der Waals surface area contributed by atoms with Gasteiger partial charge in [0.15, 0.2) is 0 Å².